The lowest BCUT2D eigenvalue weighted by atomic mass is 10.3. The van der Waals surface area contributed by atoms with Gasteiger partial charge in [-0.15, -0.1) is 0 Å². The summed E-state index contributed by atoms with van der Waals surface area (Å²) >= 11 is 0. The van der Waals surface area contributed by atoms with E-state index in [0.717, 1.165) is 0 Å². The highest BCUT2D eigenvalue weighted by Gasteiger charge is 2.09. The first-order valence-electron chi connectivity index (χ1n) is 5.74. The van der Waals surface area contributed by atoms with Crippen LogP contribution in [-0.2, 0) is 0 Å². The van der Waals surface area contributed by atoms with Crippen LogP contribution in [0, 0.1) is 5.21 Å². The number of amides is 1. The van der Waals surface area contributed by atoms with Crippen LogP contribution in [-0.4, -0.2) is 34.4 Å². The fourth-order valence-electron chi connectivity index (χ4n) is 1.56. The number of nitrogens with zero attached hydrogens (tertiary/aromatic N) is 3. The molecule has 0 aliphatic heterocycles. The molecule has 19 heavy (non-hydrogen) atoms. The van der Waals surface area contributed by atoms with Crippen molar-refractivity contribution in [3.63, 3.8) is 0 Å². The van der Waals surface area contributed by atoms with Gasteiger partial charge in [0.1, 0.15) is 5.52 Å². The van der Waals surface area contributed by atoms with Crippen LogP contribution in [0.3, 0.4) is 0 Å². The van der Waals surface area contributed by atoms with Crippen LogP contribution in [0.2, 0.25) is 0 Å². The molecule has 1 aromatic heterocycles. The molecule has 1 amide bonds. The highest BCUT2D eigenvalue weighted by Crippen LogP contribution is 2.07. The number of nitrogens with one attached hydrogen (secondary N) is 2. The normalized spacial score (nSPS) is 10.3. The molecule has 100 valence electrons. The van der Waals surface area contributed by atoms with Crippen molar-refractivity contribution < 1.29 is 14.7 Å². The molecule has 0 spiro atoms. The first-order chi connectivity index (χ1) is 9.16. The molecule has 1 heterocycles. The molecule has 3 N–H and O–H groups in total. The van der Waals surface area contributed by atoms with E-state index in [9.17, 15) is 10.0 Å². The van der Waals surface area contributed by atoms with Crippen molar-refractivity contribution in [1.29, 1.82) is 0 Å². The molecule has 1 aromatic carbocycles. The third-order valence-electron chi connectivity index (χ3n) is 2.41. The Bertz CT molecular complexity index is 590. The summed E-state index contributed by atoms with van der Waals surface area (Å²) in [4.78, 5) is 14.9. The van der Waals surface area contributed by atoms with E-state index in [0.29, 0.717) is 35.4 Å². The number of rotatable bonds is 5. The average molecular weight is 263 g/mol. The summed E-state index contributed by atoms with van der Waals surface area (Å²) < 4.78 is 0. The van der Waals surface area contributed by atoms with Crippen LogP contribution in [0.5, 0.6) is 0 Å². The number of carboxylic acid groups (broad SMARTS) is 1. The first-order valence-corrected chi connectivity index (χ1v) is 5.74. The van der Waals surface area contributed by atoms with Crippen LogP contribution in [0.25, 0.3) is 11.0 Å². The van der Waals surface area contributed by atoms with Gasteiger partial charge >= 0.3 is 6.09 Å². The minimum absolute atomic E-state index is 0.226. The second kappa shape index (κ2) is 5.80. The van der Waals surface area contributed by atoms with E-state index < -0.39 is 6.09 Å². The molecule has 8 heteroatoms. The predicted molar refractivity (Wildman–Crippen MR) is 67.6 cm³/mol. The molecular weight excluding hydrogens is 250 g/mol. The van der Waals surface area contributed by atoms with Crippen molar-refractivity contribution in [2.75, 3.05) is 18.4 Å². The van der Waals surface area contributed by atoms with Crippen LogP contribution in [0.4, 0.5) is 10.7 Å². The zero-order valence-corrected chi connectivity index (χ0v) is 10.0. The van der Waals surface area contributed by atoms with Crippen molar-refractivity contribution in [2.24, 2.45) is 0 Å². The van der Waals surface area contributed by atoms with Gasteiger partial charge < -0.3 is 20.9 Å². The van der Waals surface area contributed by atoms with E-state index in [1.165, 1.54) is 0 Å². The Morgan fingerprint density at radius 1 is 1.37 bits per heavy atom. The summed E-state index contributed by atoms with van der Waals surface area (Å²) in [6.07, 6.45) is -0.485. The number of hydrogen-bond donors (Lipinski definition) is 3. The number of aromatic nitrogens is 3. The van der Waals surface area contributed by atoms with Crippen LogP contribution in [0.15, 0.2) is 24.3 Å². The lowest BCUT2D eigenvalue weighted by Crippen LogP contribution is -2.33. The molecule has 0 aliphatic carbocycles. The molecule has 8 nitrogen and oxygen atoms in total. The van der Waals surface area contributed by atoms with Gasteiger partial charge in [-0.1, -0.05) is 12.1 Å². The Morgan fingerprint density at radius 2 is 2.16 bits per heavy atom. The van der Waals surface area contributed by atoms with E-state index in [1.807, 2.05) is 0 Å². The summed E-state index contributed by atoms with van der Waals surface area (Å²) in [5.41, 5.74) is 0.958. The third kappa shape index (κ3) is 3.41. The summed E-state index contributed by atoms with van der Waals surface area (Å²) in [5, 5.41) is 28.9. The van der Waals surface area contributed by atoms with E-state index in [2.05, 4.69) is 20.7 Å². The zero-order valence-electron chi connectivity index (χ0n) is 10.0. The third-order valence-corrected chi connectivity index (χ3v) is 2.41. The molecular formula is C11H13N5O3. The van der Waals surface area contributed by atoms with Crippen LogP contribution in [0.1, 0.15) is 6.42 Å². The van der Waals surface area contributed by atoms with Crippen LogP contribution < -0.4 is 15.5 Å². The predicted octanol–water partition coefficient (Wildman–Crippen LogP) is 0.333. The van der Waals surface area contributed by atoms with Gasteiger partial charge in [0.05, 0.1) is 5.10 Å². The van der Waals surface area contributed by atoms with Crippen LogP contribution >= 0.6 is 0 Å². The summed E-state index contributed by atoms with van der Waals surface area (Å²) in [6.45, 7) is 0.798. The fourth-order valence-corrected chi connectivity index (χ4v) is 1.56. The smallest absolute Gasteiger partial charge is 0.404 e. The second-order valence-electron chi connectivity index (χ2n) is 3.81. The monoisotopic (exact) mass is 263 g/mol. The number of carbonyl (C=O) groups is 1. The van der Waals surface area contributed by atoms with Gasteiger partial charge in [-0.05, 0) is 17.3 Å². The summed E-state index contributed by atoms with van der Waals surface area (Å²) in [6, 6.07) is 6.89. The Hall–Kier alpha value is -2.64. The van der Waals surface area contributed by atoms with Crippen molar-refractivity contribution in [2.45, 2.75) is 6.42 Å². The Kier molecular flexibility index (Phi) is 3.91. The number of fused-ring (bicyclic) bond motifs is 1. The highest BCUT2D eigenvalue weighted by molar-refractivity contribution is 5.71. The minimum Gasteiger partial charge on any atom is -0.594 e. The van der Waals surface area contributed by atoms with Crippen molar-refractivity contribution in [1.82, 2.24) is 15.4 Å². The molecule has 0 saturated heterocycles. The second-order valence-corrected chi connectivity index (χ2v) is 3.81. The van der Waals surface area contributed by atoms with Crippen molar-refractivity contribution >= 4 is 23.1 Å². The Labute approximate surface area is 108 Å². The van der Waals surface area contributed by atoms with Gasteiger partial charge in [0.2, 0.25) is 0 Å². The van der Waals surface area contributed by atoms with Gasteiger partial charge in [-0.25, -0.2) is 9.78 Å². The maximum Gasteiger partial charge on any atom is 0.404 e. The van der Waals surface area contributed by atoms with Gasteiger partial charge in [-0.2, -0.15) is 0 Å². The average Bonchev–Trinajstić information content (AvgIpc) is 2.38. The molecule has 0 saturated carbocycles. The summed E-state index contributed by atoms with van der Waals surface area (Å²) in [5.74, 6) is 0.226. The quantitative estimate of drug-likeness (QED) is 0.407. The Morgan fingerprint density at radius 3 is 2.95 bits per heavy atom. The molecule has 0 fully saturated rings. The Balaban J connectivity index is 1.96. The number of anilines is 1. The maximum atomic E-state index is 11.6. The van der Waals surface area contributed by atoms with Gasteiger partial charge in [0.25, 0.3) is 11.5 Å². The number of para-hydroxylation sites is 2. The standard InChI is InChI=1S/C11H13N5O3/c17-11(18)13-7-3-6-12-10-14-8-4-1-2-5-9(8)16(19)15-10/h1-2,4-5,13H,3,6-7H2,(H,17,18)(H,12,14,15). The SMILES string of the molecule is O=C(O)NCCCNc1nc2ccccc2[n+]([O-])n1. The topological polar surface area (TPSA) is 114 Å². The highest BCUT2D eigenvalue weighted by atomic mass is 16.5. The number of benzene rings is 1. The van der Waals surface area contributed by atoms with Crippen molar-refractivity contribution in [3.05, 3.63) is 29.5 Å². The molecule has 2 aromatic rings. The molecule has 0 atom stereocenters. The lowest BCUT2D eigenvalue weighted by molar-refractivity contribution is -0.641. The first kappa shape index (κ1) is 12.8. The molecule has 0 aliphatic rings. The van der Waals surface area contributed by atoms with E-state index in [-0.39, 0.29) is 5.95 Å². The molecule has 0 unspecified atom stereocenters. The van der Waals surface area contributed by atoms with E-state index in [1.54, 1.807) is 24.3 Å². The lowest BCUT2D eigenvalue weighted by Gasteiger charge is -2.05. The minimum atomic E-state index is -1.06. The largest absolute Gasteiger partial charge is 0.594 e. The van der Waals surface area contributed by atoms with Crippen molar-refractivity contribution in [3.8, 4) is 0 Å². The molecule has 0 radical (unpaired) electrons. The molecule has 2 rings (SSSR count). The van der Waals surface area contributed by atoms with E-state index in [4.69, 9.17) is 5.11 Å². The molecule has 0 bridgehead atoms. The zero-order chi connectivity index (χ0) is 13.7. The van der Waals surface area contributed by atoms with Gasteiger partial charge in [0.15, 0.2) is 0 Å². The van der Waals surface area contributed by atoms with Gasteiger partial charge in [0, 0.05) is 19.2 Å². The summed E-state index contributed by atoms with van der Waals surface area (Å²) in [7, 11) is 0. The fraction of sp³-hybridized carbons (Fsp3) is 0.273. The number of hydrogen-bond acceptors (Lipinski definition) is 5. The van der Waals surface area contributed by atoms with E-state index >= 15 is 0 Å². The van der Waals surface area contributed by atoms with Gasteiger partial charge in [-0.3, -0.25) is 0 Å². The maximum absolute atomic E-state index is 11.6.